The molecule has 6 heteroatoms. The van der Waals surface area contributed by atoms with E-state index < -0.39 is 7.92 Å². The first kappa shape index (κ1) is 37.3. The summed E-state index contributed by atoms with van der Waals surface area (Å²) in [5.41, 5.74) is 8.66. The van der Waals surface area contributed by atoms with Gasteiger partial charge in [0.2, 0.25) is 0 Å². The van der Waals surface area contributed by atoms with E-state index in [0.29, 0.717) is 6.04 Å². The quantitative estimate of drug-likeness (QED) is 0.103. The van der Waals surface area contributed by atoms with Crippen LogP contribution in [0.4, 0.5) is 5.82 Å². The normalized spacial score (nSPS) is 14.0. The summed E-state index contributed by atoms with van der Waals surface area (Å²) < 4.78 is 2.23. The van der Waals surface area contributed by atoms with Crippen molar-refractivity contribution in [1.29, 1.82) is 0 Å². The maximum Gasteiger partial charge on any atom is 0.128 e. The monoisotopic (exact) mass is 823 g/mol. The molecule has 5 aliphatic rings. The van der Waals surface area contributed by atoms with E-state index in [1.165, 1.54) is 75.8 Å². The molecule has 0 unspecified atom stereocenters. The van der Waals surface area contributed by atoms with E-state index >= 15 is 0 Å². The zero-order valence-electron chi connectivity index (χ0n) is 29.9. The van der Waals surface area contributed by atoms with Gasteiger partial charge in [0.1, 0.15) is 5.65 Å². The Morgan fingerprint density at radius 1 is 0.604 bits per heavy atom. The van der Waals surface area contributed by atoms with E-state index in [1.54, 1.807) is 0 Å². The number of pyridine rings is 1. The maximum atomic E-state index is 5.13. The largest absolute Gasteiger partial charge is 0.374 e. The van der Waals surface area contributed by atoms with Crippen LogP contribution in [0.15, 0.2) is 152 Å². The second-order valence-corrected chi connectivity index (χ2v) is 16.0. The third-order valence-electron chi connectivity index (χ3n) is 10.2. The van der Waals surface area contributed by atoms with Crippen molar-refractivity contribution in [2.45, 2.75) is 63.8 Å². The second-order valence-electron chi connectivity index (χ2n) is 13.8. The number of rotatable bonds is 6. The van der Waals surface area contributed by atoms with Crippen LogP contribution in [0.3, 0.4) is 0 Å². The minimum Gasteiger partial charge on any atom is -0.374 e. The summed E-state index contributed by atoms with van der Waals surface area (Å²) >= 11 is 2.22. The van der Waals surface area contributed by atoms with Crippen molar-refractivity contribution in [1.82, 2.24) is 9.38 Å². The number of aromatic nitrogens is 2. The number of halogens is 1. The molecule has 1 fully saturated rings. The Balaban J connectivity index is 0.000000177. The summed E-state index contributed by atoms with van der Waals surface area (Å²) in [5.74, 6) is 1.14. The van der Waals surface area contributed by atoms with Gasteiger partial charge >= 0.3 is 27.7 Å². The van der Waals surface area contributed by atoms with Gasteiger partial charge in [-0.05, 0) is 79.2 Å². The molecule has 53 heavy (non-hydrogen) atoms. The topological polar surface area (TPSA) is 29.3 Å². The zero-order chi connectivity index (χ0) is 36.2. The van der Waals surface area contributed by atoms with Crippen LogP contribution in [-0.2, 0) is 43.9 Å². The van der Waals surface area contributed by atoms with Crippen LogP contribution in [0.5, 0.6) is 0 Å². The molecule has 0 aliphatic heterocycles. The van der Waals surface area contributed by atoms with Crippen molar-refractivity contribution in [3.8, 4) is 11.3 Å². The van der Waals surface area contributed by atoms with E-state index in [2.05, 4.69) is 195 Å². The first-order chi connectivity index (χ1) is 26.3. The molecule has 5 aliphatic carbocycles. The fraction of sp³-hybridized carbons (Fsp3) is 0.213. The SMILES string of the molecule is [Cl][Pd+].[c-]1c2ccc(c1-c1nc3ccccn3c1NC1CCCCC1)CCc1ccc(cc1)CC2.c1ccc(P(c2ccccc2)c2ccccc2)cc1. The van der Waals surface area contributed by atoms with Crippen molar-refractivity contribution in [3.63, 3.8) is 0 Å². The maximum absolute atomic E-state index is 5.13. The summed E-state index contributed by atoms with van der Waals surface area (Å²) in [6.45, 7) is 0. The van der Waals surface area contributed by atoms with Crippen LogP contribution in [0, 0.1) is 6.07 Å². The second kappa shape index (κ2) is 18.8. The zero-order valence-corrected chi connectivity index (χ0v) is 33.1. The molecule has 2 aromatic heterocycles. The van der Waals surface area contributed by atoms with E-state index in [9.17, 15) is 0 Å². The Morgan fingerprint density at radius 3 is 1.74 bits per heavy atom. The van der Waals surface area contributed by atoms with Gasteiger partial charge in [-0.2, -0.15) is 0 Å². The summed E-state index contributed by atoms with van der Waals surface area (Å²) in [4.78, 5) is 5.13. The Labute approximate surface area is 331 Å². The summed E-state index contributed by atoms with van der Waals surface area (Å²) in [5, 5.41) is 8.10. The van der Waals surface area contributed by atoms with Crippen molar-refractivity contribution in [2.24, 2.45) is 0 Å². The van der Waals surface area contributed by atoms with Gasteiger partial charge in [0.05, 0.1) is 5.82 Å². The number of nitrogens with zero attached hydrogens (tertiary/aromatic N) is 2. The van der Waals surface area contributed by atoms with Gasteiger partial charge in [-0.15, -0.1) is 34.9 Å². The Kier molecular flexibility index (Phi) is 13.3. The average Bonchev–Trinajstić information content (AvgIpc) is 3.59. The predicted molar refractivity (Wildman–Crippen MR) is 222 cm³/mol. The van der Waals surface area contributed by atoms with Crippen molar-refractivity contribution in [3.05, 3.63) is 180 Å². The average molecular weight is 825 g/mol. The fourth-order valence-corrected chi connectivity index (χ4v) is 9.80. The van der Waals surface area contributed by atoms with Crippen LogP contribution < -0.4 is 21.2 Å². The molecule has 7 aromatic rings. The first-order valence-electron chi connectivity index (χ1n) is 18.7. The minimum atomic E-state index is -0.446. The molecule has 12 rings (SSSR count). The minimum absolute atomic E-state index is 0.446. The van der Waals surface area contributed by atoms with E-state index in [4.69, 9.17) is 4.98 Å². The van der Waals surface area contributed by atoms with Gasteiger partial charge in [-0.25, -0.2) is 0 Å². The summed E-state index contributed by atoms with van der Waals surface area (Å²) in [6.07, 6.45) is 12.7. The molecule has 1 saturated carbocycles. The number of fused-ring (bicyclic) bond motifs is 1. The number of anilines is 1. The van der Waals surface area contributed by atoms with Crippen LogP contribution >= 0.6 is 17.5 Å². The summed E-state index contributed by atoms with van der Waals surface area (Å²) in [6, 6.07) is 56.7. The van der Waals surface area contributed by atoms with Crippen LogP contribution in [0.1, 0.15) is 54.4 Å². The van der Waals surface area contributed by atoms with Crippen LogP contribution in [0.2, 0.25) is 0 Å². The predicted octanol–water partition coefficient (Wildman–Crippen LogP) is 10.6. The third-order valence-corrected chi connectivity index (χ3v) is 12.7. The van der Waals surface area contributed by atoms with Crippen molar-refractivity contribution in [2.75, 3.05) is 5.32 Å². The van der Waals surface area contributed by atoms with E-state index in [-0.39, 0.29) is 0 Å². The molecule has 3 nitrogen and oxygen atoms in total. The van der Waals surface area contributed by atoms with Crippen LogP contribution in [-0.4, -0.2) is 15.4 Å². The fourth-order valence-electron chi connectivity index (χ4n) is 7.49. The number of hydrogen-bond donors (Lipinski definition) is 1. The van der Waals surface area contributed by atoms with Gasteiger partial charge in [-0.1, -0.05) is 147 Å². The third kappa shape index (κ3) is 9.38. The number of hydrogen-bond acceptors (Lipinski definition) is 2. The van der Waals surface area contributed by atoms with Crippen molar-refractivity contribution >= 4 is 44.8 Å². The van der Waals surface area contributed by atoms with Gasteiger partial charge in [0.15, 0.2) is 0 Å². The molecule has 1 N–H and O–H groups in total. The molecule has 0 spiro atoms. The molecule has 4 bridgehead atoms. The van der Waals surface area contributed by atoms with E-state index in [0.717, 1.165) is 42.8 Å². The first-order valence-corrected chi connectivity index (χ1v) is 22.1. The van der Waals surface area contributed by atoms with Gasteiger partial charge in [-0.3, -0.25) is 9.38 Å². The number of benzene rings is 5. The Morgan fingerprint density at radius 2 is 1.15 bits per heavy atom. The standard InChI is InChI=1S/C29H30N3.C18H15P.ClH.Pd/c1-2-6-25(7-3-1)30-29-28(31-27-8-4-5-19-32(27)29)26-20-23-14-13-21-9-11-22(12-10-21)15-17-24(26)18-16-23;1-4-10-16(11-5-1)19(17-12-6-2-7-13-17)18-14-8-3-9-15-18;;/h4-5,8-12,16,18-19,25,30H,1-3,6-7,13-15,17H2;1-15H;1H;/q-1;;;+2/p-1. The van der Waals surface area contributed by atoms with Crippen LogP contribution in [0.25, 0.3) is 16.9 Å². The number of imidazole rings is 1. The number of nitrogens with one attached hydrogen (secondary N) is 1. The van der Waals surface area contributed by atoms with E-state index in [1.807, 2.05) is 0 Å². The molecular formula is C47H45ClN3PPd. The van der Waals surface area contributed by atoms with Crippen molar-refractivity contribution < 1.29 is 18.2 Å². The molecule has 0 saturated heterocycles. The van der Waals surface area contributed by atoms with Gasteiger partial charge < -0.3 is 5.32 Å². The molecule has 270 valence electrons. The Hall–Kier alpha value is -4.03. The molecular weight excluding hydrogens is 779 g/mol. The smallest absolute Gasteiger partial charge is 0.128 e. The molecule has 0 atom stereocenters. The van der Waals surface area contributed by atoms with Gasteiger partial charge in [0.25, 0.3) is 0 Å². The summed E-state index contributed by atoms with van der Waals surface area (Å²) in [7, 11) is 4.04. The molecule has 2 heterocycles. The molecule has 0 radical (unpaired) electrons. The number of aryl methyl sites for hydroxylation is 4. The molecule has 5 aromatic carbocycles. The van der Waals surface area contributed by atoms with Gasteiger partial charge in [0, 0.05) is 17.9 Å². The Bertz CT molecular complexity index is 2070. The molecule has 0 amide bonds.